The van der Waals surface area contributed by atoms with Crippen molar-refractivity contribution in [2.45, 2.75) is 32.2 Å². The third-order valence-corrected chi connectivity index (χ3v) is 2.34. The highest BCUT2D eigenvalue weighted by Gasteiger charge is 2.08. The van der Waals surface area contributed by atoms with Gasteiger partial charge < -0.3 is 0 Å². The topological polar surface area (TPSA) is 50.9 Å². The SMILES string of the molecule is C#CCCCC(NN)c1ccnc(C)c1. The van der Waals surface area contributed by atoms with Gasteiger partial charge in [-0.1, -0.05) is 0 Å². The lowest BCUT2D eigenvalue weighted by Crippen LogP contribution is -2.28. The smallest absolute Gasteiger partial charge is 0.0461 e. The molecule has 1 aromatic rings. The van der Waals surface area contributed by atoms with Crippen LogP contribution in [0.5, 0.6) is 0 Å². The van der Waals surface area contributed by atoms with Gasteiger partial charge in [-0.05, 0) is 37.5 Å². The van der Waals surface area contributed by atoms with Crippen LogP contribution in [0.3, 0.4) is 0 Å². The number of rotatable bonds is 5. The van der Waals surface area contributed by atoms with Crippen LogP contribution in [-0.2, 0) is 0 Å². The van der Waals surface area contributed by atoms with E-state index in [9.17, 15) is 0 Å². The number of unbranched alkanes of at least 4 members (excludes halogenated alkanes) is 1. The lowest BCUT2D eigenvalue weighted by Gasteiger charge is -2.15. The summed E-state index contributed by atoms with van der Waals surface area (Å²) in [5, 5.41) is 0. The Balaban J connectivity index is 2.62. The normalized spacial score (nSPS) is 12.1. The minimum Gasteiger partial charge on any atom is -0.271 e. The van der Waals surface area contributed by atoms with Crippen LogP contribution >= 0.6 is 0 Å². The minimum atomic E-state index is 0.167. The largest absolute Gasteiger partial charge is 0.271 e. The van der Waals surface area contributed by atoms with E-state index < -0.39 is 0 Å². The molecule has 80 valence electrons. The Hall–Kier alpha value is -1.37. The van der Waals surface area contributed by atoms with Crippen LogP contribution in [0.4, 0.5) is 0 Å². The summed E-state index contributed by atoms with van der Waals surface area (Å²) in [7, 11) is 0. The summed E-state index contributed by atoms with van der Waals surface area (Å²) in [4.78, 5) is 4.15. The molecule has 1 unspecified atom stereocenters. The summed E-state index contributed by atoms with van der Waals surface area (Å²) >= 11 is 0. The summed E-state index contributed by atoms with van der Waals surface area (Å²) in [6.45, 7) is 1.97. The van der Waals surface area contributed by atoms with E-state index in [1.165, 1.54) is 5.56 Å². The second-order valence-electron chi connectivity index (χ2n) is 3.55. The van der Waals surface area contributed by atoms with E-state index in [0.29, 0.717) is 0 Å². The third-order valence-electron chi connectivity index (χ3n) is 2.34. The van der Waals surface area contributed by atoms with Crippen LogP contribution in [0.1, 0.15) is 36.6 Å². The molecule has 0 aromatic carbocycles. The molecular weight excluding hydrogens is 186 g/mol. The summed E-state index contributed by atoms with van der Waals surface area (Å²) in [5.41, 5.74) is 4.98. The number of hydrazine groups is 1. The maximum Gasteiger partial charge on any atom is 0.0461 e. The molecule has 3 nitrogen and oxygen atoms in total. The Kier molecular flexibility index (Phi) is 4.82. The molecule has 0 aliphatic carbocycles. The van der Waals surface area contributed by atoms with E-state index in [1.807, 2.05) is 19.1 Å². The van der Waals surface area contributed by atoms with Crippen LogP contribution in [0.25, 0.3) is 0 Å². The van der Waals surface area contributed by atoms with E-state index >= 15 is 0 Å². The van der Waals surface area contributed by atoms with Crippen LogP contribution in [0, 0.1) is 19.3 Å². The highest BCUT2D eigenvalue weighted by atomic mass is 15.2. The number of aryl methyl sites for hydroxylation is 1. The summed E-state index contributed by atoms with van der Waals surface area (Å²) in [5.74, 6) is 8.14. The summed E-state index contributed by atoms with van der Waals surface area (Å²) in [6.07, 6.45) is 9.73. The second-order valence-corrected chi connectivity index (χ2v) is 3.55. The molecule has 0 spiro atoms. The van der Waals surface area contributed by atoms with Gasteiger partial charge in [0.05, 0.1) is 0 Å². The van der Waals surface area contributed by atoms with Gasteiger partial charge in [-0.3, -0.25) is 16.3 Å². The van der Waals surface area contributed by atoms with Gasteiger partial charge >= 0.3 is 0 Å². The maximum atomic E-state index is 5.52. The molecule has 15 heavy (non-hydrogen) atoms. The fraction of sp³-hybridized carbons (Fsp3) is 0.417. The monoisotopic (exact) mass is 203 g/mol. The Morgan fingerprint density at radius 1 is 1.67 bits per heavy atom. The first-order valence-electron chi connectivity index (χ1n) is 5.10. The molecule has 0 fully saturated rings. The summed E-state index contributed by atoms with van der Waals surface area (Å²) in [6, 6.07) is 4.19. The van der Waals surface area contributed by atoms with Gasteiger partial charge in [0, 0.05) is 24.4 Å². The van der Waals surface area contributed by atoms with Crippen molar-refractivity contribution in [3.63, 3.8) is 0 Å². The van der Waals surface area contributed by atoms with Crippen molar-refractivity contribution in [3.8, 4) is 12.3 Å². The first kappa shape index (κ1) is 11.7. The molecule has 1 heterocycles. The van der Waals surface area contributed by atoms with E-state index in [-0.39, 0.29) is 6.04 Å². The van der Waals surface area contributed by atoms with Gasteiger partial charge in [-0.25, -0.2) is 0 Å². The highest BCUT2D eigenvalue weighted by Crippen LogP contribution is 2.18. The lowest BCUT2D eigenvalue weighted by atomic mass is 10.0. The van der Waals surface area contributed by atoms with Gasteiger partial charge in [0.2, 0.25) is 0 Å². The number of hydrogen-bond acceptors (Lipinski definition) is 3. The molecule has 3 N–H and O–H groups in total. The van der Waals surface area contributed by atoms with Crippen LogP contribution in [0.15, 0.2) is 18.3 Å². The molecule has 0 saturated heterocycles. The fourth-order valence-corrected chi connectivity index (χ4v) is 1.54. The highest BCUT2D eigenvalue weighted by molar-refractivity contribution is 5.19. The predicted molar refractivity (Wildman–Crippen MR) is 61.7 cm³/mol. The number of terminal acetylenes is 1. The van der Waals surface area contributed by atoms with Gasteiger partial charge in [0.1, 0.15) is 0 Å². The molecule has 1 rings (SSSR count). The van der Waals surface area contributed by atoms with E-state index in [2.05, 4.69) is 16.3 Å². The van der Waals surface area contributed by atoms with E-state index in [1.54, 1.807) is 6.20 Å². The number of aromatic nitrogens is 1. The van der Waals surface area contributed by atoms with Crippen molar-refractivity contribution in [2.24, 2.45) is 5.84 Å². The number of nitrogens with zero attached hydrogens (tertiary/aromatic N) is 1. The van der Waals surface area contributed by atoms with Crippen LogP contribution in [-0.4, -0.2) is 4.98 Å². The first-order chi connectivity index (χ1) is 7.27. The zero-order valence-electron chi connectivity index (χ0n) is 9.03. The molecular formula is C12H17N3. The Labute approximate surface area is 91.1 Å². The lowest BCUT2D eigenvalue weighted by molar-refractivity contribution is 0.502. The number of hydrogen-bond donors (Lipinski definition) is 2. The zero-order valence-corrected chi connectivity index (χ0v) is 9.03. The average Bonchev–Trinajstić information content (AvgIpc) is 2.24. The molecule has 1 atom stereocenters. The van der Waals surface area contributed by atoms with Gasteiger partial charge in [-0.15, -0.1) is 12.3 Å². The molecule has 3 heteroatoms. The molecule has 0 aliphatic rings. The molecule has 0 saturated carbocycles. The zero-order chi connectivity index (χ0) is 11.1. The first-order valence-corrected chi connectivity index (χ1v) is 5.10. The van der Waals surface area contributed by atoms with Crippen molar-refractivity contribution >= 4 is 0 Å². The molecule has 0 aliphatic heterocycles. The molecule has 0 radical (unpaired) electrons. The van der Waals surface area contributed by atoms with Crippen molar-refractivity contribution in [1.29, 1.82) is 0 Å². The molecule has 0 amide bonds. The van der Waals surface area contributed by atoms with Gasteiger partial charge in [0.15, 0.2) is 0 Å². The maximum absolute atomic E-state index is 5.52. The Morgan fingerprint density at radius 3 is 3.07 bits per heavy atom. The molecule has 0 bridgehead atoms. The third kappa shape index (κ3) is 3.70. The van der Waals surface area contributed by atoms with Crippen molar-refractivity contribution in [2.75, 3.05) is 0 Å². The predicted octanol–water partition coefficient (Wildman–Crippen LogP) is 1.70. The van der Waals surface area contributed by atoms with E-state index in [4.69, 9.17) is 12.3 Å². The van der Waals surface area contributed by atoms with Crippen molar-refractivity contribution < 1.29 is 0 Å². The number of nitrogens with two attached hydrogens (primary N) is 1. The van der Waals surface area contributed by atoms with Gasteiger partial charge in [-0.2, -0.15) is 0 Å². The number of pyridine rings is 1. The van der Waals surface area contributed by atoms with Crippen molar-refractivity contribution in [1.82, 2.24) is 10.4 Å². The Bertz CT molecular complexity index is 341. The summed E-state index contributed by atoms with van der Waals surface area (Å²) < 4.78 is 0. The van der Waals surface area contributed by atoms with Crippen LogP contribution < -0.4 is 11.3 Å². The Morgan fingerprint density at radius 2 is 2.47 bits per heavy atom. The van der Waals surface area contributed by atoms with Crippen molar-refractivity contribution in [3.05, 3.63) is 29.6 Å². The second kappa shape index (κ2) is 6.18. The van der Waals surface area contributed by atoms with Gasteiger partial charge in [0.25, 0.3) is 0 Å². The van der Waals surface area contributed by atoms with Crippen LogP contribution in [0.2, 0.25) is 0 Å². The average molecular weight is 203 g/mol. The quantitative estimate of drug-likeness (QED) is 0.331. The minimum absolute atomic E-state index is 0.167. The fourth-order valence-electron chi connectivity index (χ4n) is 1.54. The number of nitrogens with one attached hydrogen (secondary N) is 1. The van der Waals surface area contributed by atoms with E-state index in [0.717, 1.165) is 25.0 Å². The molecule has 1 aromatic heterocycles. The standard InChI is InChI=1S/C12H17N3/c1-3-4-5-6-12(15-13)11-7-8-14-10(2)9-11/h1,7-9,12,15H,4-6,13H2,2H3.